The van der Waals surface area contributed by atoms with Crippen molar-refractivity contribution < 1.29 is 14.2 Å². The summed E-state index contributed by atoms with van der Waals surface area (Å²) in [4.78, 5) is 14.5. The number of ether oxygens (including phenoxy) is 3. The third-order valence-electron chi connectivity index (χ3n) is 4.18. The Kier molecular flexibility index (Phi) is 4.08. The van der Waals surface area contributed by atoms with Crippen LogP contribution in [-0.2, 0) is 11.3 Å². The average Bonchev–Trinajstić information content (AvgIpc) is 2.64. The highest BCUT2D eigenvalue weighted by atomic mass is 16.6. The summed E-state index contributed by atoms with van der Waals surface area (Å²) in [5.41, 5.74) is 0.701. The minimum absolute atomic E-state index is 0.138. The molecule has 0 saturated carbocycles. The van der Waals surface area contributed by atoms with Crippen LogP contribution in [0.1, 0.15) is 0 Å². The molecular weight excluding hydrogens is 310 g/mol. The first-order valence-electron chi connectivity index (χ1n) is 8.08. The topological polar surface area (TPSA) is 65.8 Å². The maximum Gasteiger partial charge on any atom is 0.268 e. The first-order chi connectivity index (χ1) is 11.8. The van der Waals surface area contributed by atoms with Crippen molar-refractivity contribution in [1.82, 2.24) is 9.78 Å². The second-order valence-corrected chi connectivity index (χ2v) is 5.83. The zero-order valence-corrected chi connectivity index (χ0v) is 13.3. The molecule has 24 heavy (non-hydrogen) atoms. The molecule has 0 aliphatic carbocycles. The molecule has 2 aromatic rings. The molecule has 4 rings (SSSR count). The maximum atomic E-state index is 12.3. The number of nitrogens with zero attached hydrogens (tertiary/aromatic N) is 3. The maximum absolute atomic E-state index is 12.3. The molecule has 7 heteroatoms. The van der Waals surface area contributed by atoms with Crippen molar-refractivity contribution in [3.63, 3.8) is 0 Å². The first kappa shape index (κ1) is 15.0. The monoisotopic (exact) mass is 329 g/mol. The molecule has 0 unspecified atom stereocenters. The standard InChI is InChI=1S/C17H19N3O4/c21-17-9-13(19-5-7-22-8-6-19)10-18-20(17)11-14-12-23-15-3-1-2-4-16(15)24-14/h1-4,9-10,14H,5-8,11-12H2/t14-/m0/s1. The quantitative estimate of drug-likeness (QED) is 0.834. The van der Waals surface area contributed by atoms with Gasteiger partial charge in [0, 0.05) is 19.2 Å². The van der Waals surface area contributed by atoms with Crippen molar-refractivity contribution in [3.8, 4) is 11.5 Å². The SMILES string of the molecule is O=c1cc(N2CCOCC2)cnn1C[C@H]1COc2ccccc2O1. The minimum Gasteiger partial charge on any atom is -0.486 e. The lowest BCUT2D eigenvalue weighted by molar-refractivity contribution is 0.0747. The minimum atomic E-state index is -0.237. The summed E-state index contributed by atoms with van der Waals surface area (Å²) < 4.78 is 18.3. The van der Waals surface area contributed by atoms with Crippen LogP contribution < -0.4 is 19.9 Å². The van der Waals surface area contributed by atoms with Crippen LogP contribution >= 0.6 is 0 Å². The Bertz CT molecular complexity index is 770. The molecule has 1 aromatic carbocycles. The molecule has 0 N–H and O–H groups in total. The molecule has 1 saturated heterocycles. The average molecular weight is 329 g/mol. The number of rotatable bonds is 3. The molecule has 1 aromatic heterocycles. The molecule has 2 aliphatic heterocycles. The van der Waals surface area contributed by atoms with E-state index in [1.165, 1.54) is 4.68 Å². The van der Waals surface area contributed by atoms with E-state index in [4.69, 9.17) is 14.2 Å². The fourth-order valence-corrected chi connectivity index (χ4v) is 2.90. The van der Waals surface area contributed by atoms with Crippen LogP contribution in [0, 0.1) is 0 Å². The van der Waals surface area contributed by atoms with E-state index in [1.807, 2.05) is 24.3 Å². The predicted octanol–water partition coefficient (Wildman–Crippen LogP) is 0.920. The van der Waals surface area contributed by atoms with E-state index in [1.54, 1.807) is 12.3 Å². The van der Waals surface area contributed by atoms with Gasteiger partial charge in [0.05, 0.1) is 31.6 Å². The van der Waals surface area contributed by atoms with Crippen LogP contribution in [0.25, 0.3) is 0 Å². The number of hydrogen-bond acceptors (Lipinski definition) is 6. The van der Waals surface area contributed by atoms with Gasteiger partial charge in [-0.05, 0) is 12.1 Å². The first-order valence-corrected chi connectivity index (χ1v) is 8.08. The highest BCUT2D eigenvalue weighted by Crippen LogP contribution is 2.31. The van der Waals surface area contributed by atoms with Crippen molar-refractivity contribution in [2.75, 3.05) is 37.8 Å². The molecule has 1 fully saturated rings. The highest BCUT2D eigenvalue weighted by molar-refractivity contribution is 5.43. The van der Waals surface area contributed by atoms with Crippen LogP contribution in [0.5, 0.6) is 11.5 Å². The second kappa shape index (κ2) is 6.52. The molecule has 2 aliphatic rings. The lowest BCUT2D eigenvalue weighted by Gasteiger charge is -2.29. The van der Waals surface area contributed by atoms with E-state index in [-0.39, 0.29) is 11.7 Å². The van der Waals surface area contributed by atoms with Gasteiger partial charge in [0.2, 0.25) is 0 Å². The van der Waals surface area contributed by atoms with Gasteiger partial charge in [-0.3, -0.25) is 4.79 Å². The van der Waals surface area contributed by atoms with E-state index >= 15 is 0 Å². The zero-order valence-electron chi connectivity index (χ0n) is 13.3. The number of aromatic nitrogens is 2. The van der Waals surface area contributed by atoms with Crippen LogP contribution in [0.3, 0.4) is 0 Å². The predicted molar refractivity (Wildman–Crippen MR) is 87.9 cm³/mol. The van der Waals surface area contributed by atoms with E-state index in [9.17, 15) is 4.79 Å². The fraction of sp³-hybridized carbons (Fsp3) is 0.412. The van der Waals surface area contributed by atoms with E-state index in [2.05, 4.69) is 10.00 Å². The van der Waals surface area contributed by atoms with E-state index in [0.29, 0.717) is 32.1 Å². The summed E-state index contributed by atoms with van der Waals surface area (Å²) in [5, 5.41) is 4.29. The van der Waals surface area contributed by atoms with Crippen LogP contribution in [0.4, 0.5) is 5.69 Å². The van der Waals surface area contributed by atoms with Gasteiger partial charge in [-0.15, -0.1) is 0 Å². The Balaban J connectivity index is 1.46. The molecule has 7 nitrogen and oxygen atoms in total. The van der Waals surface area contributed by atoms with Crippen LogP contribution in [-0.4, -0.2) is 48.8 Å². The normalized spacial score (nSPS) is 20.0. The van der Waals surface area contributed by atoms with Crippen molar-refractivity contribution in [2.24, 2.45) is 0 Å². The molecule has 126 valence electrons. The van der Waals surface area contributed by atoms with E-state index < -0.39 is 0 Å². The number of fused-ring (bicyclic) bond motifs is 1. The summed E-state index contributed by atoms with van der Waals surface area (Å²) in [5.74, 6) is 1.43. The van der Waals surface area contributed by atoms with E-state index in [0.717, 1.165) is 24.5 Å². The lowest BCUT2D eigenvalue weighted by atomic mass is 10.2. The highest BCUT2D eigenvalue weighted by Gasteiger charge is 2.22. The Morgan fingerprint density at radius 1 is 1.17 bits per heavy atom. The Labute approximate surface area is 139 Å². The molecule has 1 atom stereocenters. The summed E-state index contributed by atoms with van der Waals surface area (Å²) in [6.45, 7) is 3.67. The number of morpholine rings is 1. The van der Waals surface area contributed by atoms with Crippen molar-refractivity contribution in [3.05, 3.63) is 46.9 Å². The van der Waals surface area contributed by atoms with Gasteiger partial charge < -0.3 is 19.1 Å². The summed E-state index contributed by atoms with van der Waals surface area (Å²) in [7, 11) is 0. The Morgan fingerprint density at radius 2 is 1.96 bits per heavy atom. The number of hydrogen-bond donors (Lipinski definition) is 0. The summed E-state index contributed by atoms with van der Waals surface area (Å²) in [6.07, 6.45) is 1.49. The van der Waals surface area contributed by atoms with Crippen molar-refractivity contribution >= 4 is 5.69 Å². The largest absolute Gasteiger partial charge is 0.486 e. The summed E-state index contributed by atoms with van der Waals surface area (Å²) in [6, 6.07) is 9.15. The van der Waals surface area contributed by atoms with Gasteiger partial charge in [-0.2, -0.15) is 5.10 Å². The van der Waals surface area contributed by atoms with Gasteiger partial charge in [-0.25, -0.2) is 4.68 Å². The molecule has 0 spiro atoms. The van der Waals surface area contributed by atoms with Crippen LogP contribution in [0.15, 0.2) is 41.3 Å². The second-order valence-electron chi connectivity index (χ2n) is 5.83. The van der Waals surface area contributed by atoms with Gasteiger partial charge in [0.1, 0.15) is 6.61 Å². The summed E-state index contributed by atoms with van der Waals surface area (Å²) >= 11 is 0. The van der Waals surface area contributed by atoms with Crippen molar-refractivity contribution in [1.29, 1.82) is 0 Å². The van der Waals surface area contributed by atoms with Gasteiger partial charge in [0.15, 0.2) is 17.6 Å². The van der Waals surface area contributed by atoms with Crippen molar-refractivity contribution in [2.45, 2.75) is 12.6 Å². The molecular formula is C17H19N3O4. The molecule has 0 amide bonds. The molecule has 0 radical (unpaired) electrons. The Morgan fingerprint density at radius 3 is 2.75 bits per heavy atom. The third-order valence-corrected chi connectivity index (χ3v) is 4.18. The number of anilines is 1. The Hall–Kier alpha value is -2.54. The van der Waals surface area contributed by atoms with Gasteiger partial charge in [0.25, 0.3) is 5.56 Å². The zero-order chi connectivity index (χ0) is 16.4. The fourth-order valence-electron chi connectivity index (χ4n) is 2.90. The van der Waals surface area contributed by atoms with Crippen LogP contribution in [0.2, 0.25) is 0 Å². The molecule has 0 bridgehead atoms. The number of para-hydroxylation sites is 2. The smallest absolute Gasteiger partial charge is 0.268 e. The van der Waals surface area contributed by atoms with Gasteiger partial charge in [-0.1, -0.05) is 12.1 Å². The molecule has 3 heterocycles. The third kappa shape index (κ3) is 3.07. The number of benzene rings is 1. The van der Waals surface area contributed by atoms with Gasteiger partial charge >= 0.3 is 0 Å². The lowest BCUT2D eigenvalue weighted by Crippen LogP contribution is -2.39.